The van der Waals surface area contributed by atoms with Crippen LogP contribution in [-0.2, 0) is 17.6 Å². The van der Waals surface area contributed by atoms with Crippen molar-refractivity contribution in [3.05, 3.63) is 51.8 Å². The maximum atomic E-state index is 11.7. The molecule has 0 unspecified atom stereocenters. The van der Waals surface area contributed by atoms with Crippen LogP contribution >= 0.6 is 0 Å². The number of nitrogens with one attached hydrogen (secondary N) is 1. The highest BCUT2D eigenvalue weighted by atomic mass is 16.4. The molecular weight excluding hydrogens is 248 g/mol. The van der Waals surface area contributed by atoms with E-state index in [0.717, 1.165) is 5.69 Å². The van der Waals surface area contributed by atoms with Crippen molar-refractivity contribution in [3.63, 3.8) is 0 Å². The number of anilines is 1. The average Bonchev–Trinajstić information content (AvgIpc) is 2.35. The Balaban J connectivity index is 2.30. The largest absolute Gasteiger partial charge is 0.481 e. The molecule has 7 nitrogen and oxygen atoms in total. The van der Waals surface area contributed by atoms with Crippen molar-refractivity contribution < 1.29 is 9.90 Å². The highest BCUT2D eigenvalue weighted by molar-refractivity contribution is 5.71. The van der Waals surface area contributed by atoms with E-state index in [-0.39, 0.29) is 11.4 Å². The van der Waals surface area contributed by atoms with Crippen LogP contribution in [0, 0.1) is 0 Å². The van der Waals surface area contributed by atoms with E-state index in [1.54, 1.807) is 18.3 Å². The zero-order valence-electron chi connectivity index (χ0n) is 9.96. The smallest absolute Gasteiger partial charge is 0.308 e. The molecule has 0 saturated carbocycles. The lowest BCUT2D eigenvalue weighted by Crippen LogP contribution is -2.22. The summed E-state index contributed by atoms with van der Waals surface area (Å²) >= 11 is 0. The van der Waals surface area contributed by atoms with Crippen LogP contribution in [0.15, 0.2) is 29.2 Å². The topological polar surface area (TPSA) is 122 Å². The summed E-state index contributed by atoms with van der Waals surface area (Å²) < 4.78 is 0. The summed E-state index contributed by atoms with van der Waals surface area (Å²) in [7, 11) is 0. The van der Waals surface area contributed by atoms with Crippen molar-refractivity contribution in [1.29, 1.82) is 0 Å². The van der Waals surface area contributed by atoms with Crippen molar-refractivity contribution in [2.45, 2.75) is 12.8 Å². The number of carbonyl (C=O) groups is 1. The van der Waals surface area contributed by atoms with Crippen LogP contribution in [0.25, 0.3) is 0 Å². The van der Waals surface area contributed by atoms with Gasteiger partial charge in [-0.25, -0.2) is 4.98 Å². The molecule has 2 rings (SSSR count). The molecule has 0 aromatic carbocycles. The molecule has 0 aliphatic heterocycles. The molecule has 0 aliphatic rings. The predicted octanol–water partition coefficient (Wildman–Crippen LogP) is -0.0350. The Kier molecular flexibility index (Phi) is 3.56. The fourth-order valence-electron chi connectivity index (χ4n) is 1.64. The number of rotatable bonds is 4. The Labute approximate surface area is 108 Å². The van der Waals surface area contributed by atoms with E-state index < -0.39 is 17.9 Å². The number of pyridine rings is 1. The number of nitrogens with zero attached hydrogens (tertiary/aromatic N) is 2. The number of nitrogen functional groups attached to an aromatic ring is 1. The van der Waals surface area contributed by atoms with E-state index in [1.807, 2.05) is 6.07 Å². The molecule has 0 bridgehead atoms. The number of aliphatic carboxylic acids is 1. The maximum absolute atomic E-state index is 11.7. The van der Waals surface area contributed by atoms with Crippen molar-refractivity contribution in [2.75, 3.05) is 5.73 Å². The average molecular weight is 260 g/mol. The minimum absolute atomic E-state index is 0.0303. The quantitative estimate of drug-likeness (QED) is 0.709. The fourth-order valence-corrected chi connectivity index (χ4v) is 1.64. The first-order chi connectivity index (χ1) is 9.06. The summed E-state index contributed by atoms with van der Waals surface area (Å²) in [6.07, 6.45) is 1.52. The van der Waals surface area contributed by atoms with Gasteiger partial charge in [0, 0.05) is 18.3 Å². The third kappa shape index (κ3) is 3.15. The molecule has 0 fully saturated rings. The molecule has 98 valence electrons. The van der Waals surface area contributed by atoms with E-state index >= 15 is 0 Å². The molecule has 0 aliphatic carbocycles. The monoisotopic (exact) mass is 260 g/mol. The first-order valence-electron chi connectivity index (χ1n) is 5.55. The van der Waals surface area contributed by atoms with E-state index in [9.17, 15) is 9.59 Å². The maximum Gasteiger partial charge on any atom is 0.308 e. The third-order valence-corrected chi connectivity index (χ3v) is 2.50. The number of carboxylic acid groups (broad SMARTS) is 1. The standard InChI is InChI=1S/C12H12N4O3/c13-11-8(6-10(17)18)12(19)16-9(15-11)5-7-3-1-2-4-14-7/h1-4H,5-6H2,(H,17,18)(H3,13,15,16,19). The Morgan fingerprint density at radius 1 is 1.42 bits per heavy atom. The van der Waals surface area contributed by atoms with E-state index in [2.05, 4.69) is 15.0 Å². The molecular formula is C12H12N4O3. The fraction of sp³-hybridized carbons (Fsp3) is 0.167. The van der Waals surface area contributed by atoms with E-state index in [1.165, 1.54) is 0 Å². The first kappa shape index (κ1) is 12.7. The van der Waals surface area contributed by atoms with Crippen LogP contribution in [0.2, 0.25) is 0 Å². The number of H-pyrrole nitrogens is 1. The summed E-state index contributed by atoms with van der Waals surface area (Å²) in [5.41, 5.74) is 5.78. The lowest BCUT2D eigenvalue weighted by atomic mass is 10.2. The number of hydrogen-bond acceptors (Lipinski definition) is 5. The van der Waals surface area contributed by atoms with Gasteiger partial charge in [-0.2, -0.15) is 0 Å². The lowest BCUT2D eigenvalue weighted by molar-refractivity contribution is -0.136. The second-order valence-corrected chi connectivity index (χ2v) is 3.94. The molecule has 0 spiro atoms. The Morgan fingerprint density at radius 2 is 2.21 bits per heavy atom. The SMILES string of the molecule is Nc1nc(Cc2ccccn2)[nH]c(=O)c1CC(=O)O. The lowest BCUT2D eigenvalue weighted by Gasteiger charge is -2.05. The van der Waals surface area contributed by atoms with Gasteiger partial charge in [0.05, 0.1) is 12.0 Å². The van der Waals surface area contributed by atoms with Gasteiger partial charge in [-0.3, -0.25) is 14.6 Å². The summed E-state index contributed by atoms with van der Waals surface area (Å²) in [5.74, 6) is -0.830. The minimum atomic E-state index is -1.13. The second-order valence-electron chi connectivity index (χ2n) is 3.94. The van der Waals surface area contributed by atoms with Crippen LogP contribution in [-0.4, -0.2) is 26.0 Å². The van der Waals surface area contributed by atoms with Gasteiger partial charge in [0.2, 0.25) is 0 Å². The highest BCUT2D eigenvalue weighted by Gasteiger charge is 2.12. The molecule has 0 saturated heterocycles. The number of aromatic amines is 1. The highest BCUT2D eigenvalue weighted by Crippen LogP contribution is 2.06. The van der Waals surface area contributed by atoms with Crippen LogP contribution in [0.5, 0.6) is 0 Å². The van der Waals surface area contributed by atoms with Crippen LogP contribution in [0.3, 0.4) is 0 Å². The number of carboxylic acids is 1. The molecule has 2 aromatic heterocycles. The van der Waals surface area contributed by atoms with Crippen LogP contribution < -0.4 is 11.3 Å². The van der Waals surface area contributed by atoms with Gasteiger partial charge in [-0.15, -0.1) is 0 Å². The minimum Gasteiger partial charge on any atom is -0.481 e. The van der Waals surface area contributed by atoms with Gasteiger partial charge in [0.1, 0.15) is 11.6 Å². The molecule has 2 heterocycles. The van der Waals surface area contributed by atoms with Gasteiger partial charge in [0.25, 0.3) is 5.56 Å². The van der Waals surface area contributed by atoms with Gasteiger partial charge < -0.3 is 15.8 Å². The molecule has 0 radical (unpaired) electrons. The Hall–Kier alpha value is -2.70. The molecule has 0 amide bonds. The summed E-state index contributed by atoms with van der Waals surface area (Å²) in [4.78, 5) is 33.0. The van der Waals surface area contributed by atoms with Crippen LogP contribution in [0.4, 0.5) is 5.82 Å². The first-order valence-corrected chi connectivity index (χ1v) is 5.55. The van der Waals surface area contributed by atoms with Crippen molar-refractivity contribution >= 4 is 11.8 Å². The van der Waals surface area contributed by atoms with Gasteiger partial charge in [-0.05, 0) is 12.1 Å². The van der Waals surface area contributed by atoms with Crippen molar-refractivity contribution in [2.24, 2.45) is 0 Å². The van der Waals surface area contributed by atoms with E-state index in [4.69, 9.17) is 10.8 Å². The van der Waals surface area contributed by atoms with Crippen molar-refractivity contribution in [3.8, 4) is 0 Å². The Bertz CT molecular complexity index is 652. The van der Waals surface area contributed by atoms with Gasteiger partial charge >= 0.3 is 5.97 Å². The summed E-state index contributed by atoms with van der Waals surface area (Å²) in [6.45, 7) is 0. The molecule has 2 aromatic rings. The molecule has 4 N–H and O–H groups in total. The molecule has 19 heavy (non-hydrogen) atoms. The second kappa shape index (κ2) is 5.30. The third-order valence-electron chi connectivity index (χ3n) is 2.50. The van der Waals surface area contributed by atoms with Crippen LogP contribution in [0.1, 0.15) is 17.1 Å². The predicted molar refractivity (Wildman–Crippen MR) is 67.7 cm³/mol. The number of nitrogens with two attached hydrogens (primary N) is 1. The van der Waals surface area contributed by atoms with E-state index in [0.29, 0.717) is 12.2 Å². The Morgan fingerprint density at radius 3 is 2.79 bits per heavy atom. The number of hydrogen-bond donors (Lipinski definition) is 3. The molecule has 0 atom stereocenters. The summed E-state index contributed by atoms with van der Waals surface area (Å²) in [6, 6.07) is 5.40. The normalized spacial score (nSPS) is 10.3. The van der Waals surface area contributed by atoms with Gasteiger partial charge in [-0.1, -0.05) is 6.07 Å². The number of aromatic nitrogens is 3. The van der Waals surface area contributed by atoms with Crippen molar-refractivity contribution in [1.82, 2.24) is 15.0 Å². The zero-order valence-corrected chi connectivity index (χ0v) is 9.96. The zero-order chi connectivity index (χ0) is 13.8. The summed E-state index contributed by atoms with van der Waals surface area (Å²) in [5, 5.41) is 8.67. The van der Waals surface area contributed by atoms with Gasteiger partial charge in [0.15, 0.2) is 0 Å². The molecule has 7 heteroatoms.